The zero-order valence-electron chi connectivity index (χ0n) is 12.6. The van der Waals surface area contributed by atoms with Crippen molar-refractivity contribution < 1.29 is 23.8 Å². The summed E-state index contributed by atoms with van der Waals surface area (Å²) in [5.41, 5.74) is 1.08. The van der Waals surface area contributed by atoms with Gasteiger partial charge >= 0.3 is 5.97 Å². The van der Waals surface area contributed by atoms with Crippen LogP contribution in [0.2, 0.25) is 0 Å². The van der Waals surface area contributed by atoms with Gasteiger partial charge in [0.1, 0.15) is 5.58 Å². The molecule has 0 radical (unpaired) electrons. The fourth-order valence-electron chi connectivity index (χ4n) is 2.00. The summed E-state index contributed by atoms with van der Waals surface area (Å²) in [4.78, 5) is 22.7. The lowest BCUT2D eigenvalue weighted by molar-refractivity contribution is -0.116. The number of aromatic carboxylic acids is 1. The summed E-state index contributed by atoms with van der Waals surface area (Å²) < 4.78 is 10.5. The second-order valence-electron chi connectivity index (χ2n) is 5.24. The number of carbonyl (C=O) groups is 2. The Morgan fingerprint density at radius 1 is 1.32 bits per heavy atom. The minimum Gasteiger partial charge on any atom is -0.475 e. The van der Waals surface area contributed by atoms with E-state index < -0.39 is 5.97 Å². The number of carbonyl (C=O) groups excluding carboxylic acids is 1. The largest absolute Gasteiger partial charge is 0.475 e. The van der Waals surface area contributed by atoms with Crippen molar-refractivity contribution in [1.82, 2.24) is 0 Å². The molecule has 0 spiro atoms. The average Bonchev–Trinajstić information content (AvgIpc) is 2.87. The molecule has 0 bridgehead atoms. The van der Waals surface area contributed by atoms with E-state index in [2.05, 4.69) is 5.32 Å². The molecule has 0 aliphatic carbocycles. The molecule has 0 unspecified atom stereocenters. The summed E-state index contributed by atoms with van der Waals surface area (Å²) in [5.74, 6) is -1.34. The quantitative estimate of drug-likeness (QED) is 0.766. The minimum absolute atomic E-state index is 0.103. The van der Waals surface area contributed by atoms with Crippen LogP contribution in [0.1, 0.15) is 37.2 Å². The molecule has 2 N–H and O–H groups in total. The maximum absolute atomic E-state index is 11.8. The first-order valence-electron chi connectivity index (χ1n) is 7.14. The van der Waals surface area contributed by atoms with Crippen molar-refractivity contribution in [3.63, 3.8) is 0 Å². The first kappa shape index (κ1) is 16.0. The zero-order chi connectivity index (χ0) is 16.1. The molecule has 6 nitrogen and oxygen atoms in total. The molecule has 1 aromatic carbocycles. The number of amides is 1. The summed E-state index contributed by atoms with van der Waals surface area (Å²) in [6.07, 6.45) is 1.19. The van der Waals surface area contributed by atoms with Gasteiger partial charge in [-0.15, -0.1) is 0 Å². The highest BCUT2D eigenvalue weighted by Crippen LogP contribution is 2.23. The summed E-state index contributed by atoms with van der Waals surface area (Å²) in [7, 11) is 0. The van der Waals surface area contributed by atoms with Gasteiger partial charge in [0.2, 0.25) is 11.7 Å². The molecule has 1 heterocycles. The van der Waals surface area contributed by atoms with Crippen molar-refractivity contribution >= 4 is 28.5 Å². The second kappa shape index (κ2) is 7.09. The number of carboxylic acids is 1. The summed E-state index contributed by atoms with van der Waals surface area (Å²) in [6, 6.07) is 6.44. The number of benzene rings is 1. The number of nitrogens with one attached hydrogen (secondary N) is 1. The second-order valence-corrected chi connectivity index (χ2v) is 5.24. The van der Waals surface area contributed by atoms with Crippen LogP contribution in [0.3, 0.4) is 0 Å². The maximum atomic E-state index is 11.8. The van der Waals surface area contributed by atoms with Gasteiger partial charge in [-0.05, 0) is 44.5 Å². The third kappa shape index (κ3) is 4.33. The first-order valence-corrected chi connectivity index (χ1v) is 7.14. The van der Waals surface area contributed by atoms with Gasteiger partial charge in [-0.3, -0.25) is 4.79 Å². The van der Waals surface area contributed by atoms with E-state index in [0.717, 1.165) is 0 Å². The predicted molar refractivity (Wildman–Crippen MR) is 82.1 cm³/mol. The molecular formula is C16H19NO5. The monoisotopic (exact) mass is 305 g/mol. The average molecular weight is 305 g/mol. The SMILES string of the molecule is CC(C)OCCCC(=O)Nc1ccc2oc(C(=O)O)cc2c1. The zero-order valence-corrected chi connectivity index (χ0v) is 12.6. The van der Waals surface area contributed by atoms with E-state index in [1.54, 1.807) is 18.2 Å². The molecule has 22 heavy (non-hydrogen) atoms. The molecule has 0 atom stereocenters. The third-order valence-corrected chi connectivity index (χ3v) is 3.01. The Balaban J connectivity index is 1.93. The number of fused-ring (bicyclic) bond motifs is 1. The number of rotatable bonds is 7. The van der Waals surface area contributed by atoms with Crippen molar-refractivity contribution in [3.8, 4) is 0 Å². The van der Waals surface area contributed by atoms with Crippen molar-refractivity contribution in [2.24, 2.45) is 0 Å². The lowest BCUT2D eigenvalue weighted by Gasteiger charge is -2.08. The number of furan rings is 1. The first-order chi connectivity index (χ1) is 10.5. The highest BCUT2D eigenvalue weighted by Gasteiger charge is 2.11. The molecule has 6 heteroatoms. The Kier molecular flexibility index (Phi) is 5.16. The van der Waals surface area contributed by atoms with Crippen LogP contribution in [0.25, 0.3) is 11.0 Å². The van der Waals surface area contributed by atoms with Gasteiger partial charge in [0.05, 0.1) is 6.10 Å². The predicted octanol–water partition coefficient (Wildman–Crippen LogP) is 3.27. The molecule has 118 valence electrons. The van der Waals surface area contributed by atoms with Gasteiger partial charge in [0.15, 0.2) is 0 Å². The summed E-state index contributed by atoms with van der Waals surface area (Å²) >= 11 is 0. The number of anilines is 1. The van der Waals surface area contributed by atoms with Crippen LogP contribution in [0.15, 0.2) is 28.7 Å². The van der Waals surface area contributed by atoms with Gasteiger partial charge < -0.3 is 19.6 Å². The number of ether oxygens (including phenoxy) is 1. The normalized spacial score (nSPS) is 11.0. The molecule has 0 fully saturated rings. The van der Waals surface area contributed by atoms with Crippen molar-refractivity contribution in [2.45, 2.75) is 32.8 Å². The smallest absolute Gasteiger partial charge is 0.371 e. The van der Waals surface area contributed by atoms with E-state index in [9.17, 15) is 9.59 Å². The molecule has 2 rings (SSSR count). The van der Waals surface area contributed by atoms with Crippen LogP contribution in [0.5, 0.6) is 0 Å². The van der Waals surface area contributed by atoms with Crippen LogP contribution < -0.4 is 5.32 Å². The molecule has 1 amide bonds. The molecule has 0 aliphatic heterocycles. The molecule has 0 saturated carbocycles. The molecule has 0 aliphatic rings. The number of carboxylic acid groups (broad SMARTS) is 1. The highest BCUT2D eigenvalue weighted by molar-refractivity contribution is 5.95. The Hall–Kier alpha value is -2.34. The molecular weight excluding hydrogens is 286 g/mol. The van der Waals surface area contributed by atoms with Gasteiger partial charge in [-0.1, -0.05) is 0 Å². The molecule has 0 saturated heterocycles. The molecule has 1 aromatic heterocycles. The summed E-state index contributed by atoms with van der Waals surface area (Å²) in [5, 5.41) is 12.3. The van der Waals surface area contributed by atoms with E-state index >= 15 is 0 Å². The van der Waals surface area contributed by atoms with Crippen LogP contribution in [-0.4, -0.2) is 29.7 Å². The Bertz CT molecular complexity index is 674. The fourth-order valence-corrected chi connectivity index (χ4v) is 2.00. The van der Waals surface area contributed by atoms with Gasteiger partial charge in [-0.2, -0.15) is 0 Å². The number of hydrogen-bond acceptors (Lipinski definition) is 4. The maximum Gasteiger partial charge on any atom is 0.371 e. The van der Waals surface area contributed by atoms with Gasteiger partial charge in [0, 0.05) is 24.1 Å². The topological polar surface area (TPSA) is 88.8 Å². The van der Waals surface area contributed by atoms with E-state index in [4.69, 9.17) is 14.3 Å². The van der Waals surface area contributed by atoms with E-state index in [0.29, 0.717) is 36.1 Å². The summed E-state index contributed by atoms with van der Waals surface area (Å²) in [6.45, 7) is 4.45. The van der Waals surface area contributed by atoms with Gasteiger partial charge in [0.25, 0.3) is 0 Å². The fraction of sp³-hybridized carbons (Fsp3) is 0.375. The lowest BCUT2D eigenvalue weighted by Crippen LogP contribution is -2.13. The van der Waals surface area contributed by atoms with E-state index in [1.807, 2.05) is 13.8 Å². The van der Waals surface area contributed by atoms with Crippen LogP contribution in [-0.2, 0) is 9.53 Å². The van der Waals surface area contributed by atoms with Crippen LogP contribution >= 0.6 is 0 Å². The van der Waals surface area contributed by atoms with E-state index in [1.165, 1.54) is 6.07 Å². The standard InChI is InChI=1S/C16H19NO5/c1-10(2)21-7-3-4-15(18)17-12-5-6-13-11(8-12)9-14(22-13)16(19)20/h5-6,8-10H,3-4,7H2,1-2H3,(H,17,18)(H,19,20). The van der Waals surface area contributed by atoms with Crippen LogP contribution in [0.4, 0.5) is 5.69 Å². The van der Waals surface area contributed by atoms with Gasteiger partial charge in [-0.25, -0.2) is 4.79 Å². The molecule has 2 aromatic rings. The van der Waals surface area contributed by atoms with Crippen molar-refractivity contribution in [1.29, 1.82) is 0 Å². The van der Waals surface area contributed by atoms with E-state index in [-0.39, 0.29) is 17.8 Å². The van der Waals surface area contributed by atoms with Crippen molar-refractivity contribution in [2.75, 3.05) is 11.9 Å². The Morgan fingerprint density at radius 2 is 2.09 bits per heavy atom. The highest BCUT2D eigenvalue weighted by atomic mass is 16.5. The Morgan fingerprint density at radius 3 is 2.77 bits per heavy atom. The van der Waals surface area contributed by atoms with Crippen molar-refractivity contribution in [3.05, 3.63) is 30.0 Å². The lowest BCUT2D eigenvalue weighted by atomic mass is 10.2. The minimum atomic E-state index is -1.12. The number of hydrogen-bond donors (Lipinski definition) is 2. The third-order valence-electron chi connectivity index (χ3n) is 3.01. The van der Waals surface area contributed by atoms with Crippen LogP contribution in [0, 0.1) is 0 Å². The Labute approximate surface area is 128 Å².